The van der Waals surface area contributed by atoms with E-state index in [1.807, 2.05) is 26.0 Å². The number of anilines is 1. The Morgan fingerprint density at radius 2 is 2.30 bits per heavy atom. The zero-order valence-corrected chi connectivity index (χ0v) is 12.2. The van der Waals surface area contributed by atoms with Gasteiger partial charge < -0.3 is 16.4 Å². The van der Waals surface area contributed by atoms with Gasteiger partial charge in [0.05, 0.1) is 0 Å². The molecule has 2 rings (SSSR count). The van der Waals surface area contributed by atoms with Crippen LogP contribution in [0.4, 0.5) is 5.69 Å². The van der Waals surface area contributed by atoms with Gasteiger partial charge in [0, 0.05) is 23.2 Å². The van der Waals surface area contributed by atoms with Crippen molar-refractivity contribution in [3.05, 3.63) is 28.8 Å². The molecule has 6 nitrogen and oxygen atoms in total. The molecule has 0 radical (unpaired) electrons. The van der Waals surface area contributed by atoms with Crippen LogP contribution < -0.4 is 21.7 Å². The van der Waals surface area contributed by atoms with Crippen molar-refractivity contribution >= 4 is 29.2 Å². The highest BCUT2D eigenvalue weighted by atomic mass is 35.5. The van der Waals surface area contributed by atoms with Gasteiger partial charge in [-0.1, -0.05) is 17.7 Å². The number of aliphatic imine (C=N–C) groups is 1. The van der Waals surface area contributed by atoms with Crippen molar-refractivity contribution in [1.29, 1.82) is 0 Å². The molecule has 0 aliphatic carbocycles. The first-order chi connectivity index (χ1) is 9.44. The molecule has 1 saturated heterocycles. The number of benzene rings is 1. The van der Waals surface area contributed by atoms with E-state index in [2.05, 4.69) is 20.9 Å². The maximum absolute atomic E-state index is 11.4. The predicted molar refractivity (Wildman–Crippen MR) is 80.6 cm³/mol. The highest BCUT2D eigenvalue weighted by Crippen LogP contribution is 2.19. The number of amides is 1. The third-order valence-corrected chi connectivity index (χ3v) is 3.35. The first kappa shape index (κ1) is 14.6. The normalized spacial score (nSPS) is 23.4. The average Bonchev–Trinajstić information content (AvgIpc) is 2.32. The van der Waals surface area contributed by atoms with Crippen molar-refractivity contribution < 1.29 is 4.79 Å². The topological polar surface area (TPSA) is 91.5 Å². The Bertz CT molecular complexity index is 546. The van der Waals surface area contributed by atoms with Gasteiger partial charge in [0.25, 0.3) is 0 Å². The number of nitrogens with zero attached hydrogens (tertiary/aromatic N) is 1. The molecule has 7 heteroatoms. The lowest BCUT2D eigenvalue weighted by atomic mass is 10.2. The summed E-state index contributed by atoms with van der Waals surface area (Å²) in [6, 6.07) is 5.59. The first-order valence-corrected chi connectivity index (χ1v) is 6.73. The number of rotatable bonds is 2. The fourth-order valence-corrected chi connectivity index (χ4v) is 2.10. The van der Waals surface area contributed by atoms with Crippen molar-refractivity contribution in [2.75, 3.05) is 5.32 Å². The quantitative estimate of drug-likeness (QED) is 0.487. The third-order valence-electron chi connectivity index (χ3n) is 2.94. The van der Waals surface area contributed by atoms with Crippen molar-refractivity contribution in [1.82, 2.24) is 10.6 Å². The lowest BCUT2D eigenvalue weighted by molar-refractivity contribution is -0.124. The highest BCUT2D eigenvalue weighted by molar-refractivity contribution is 6.31. The lowest BCUT2D eigenvalue weighted by Gasteiger charge is -2.26. The maximum atomic E-state index is 11.4. The molecule has 1 amide bonds. The van der Waals surface area contributed by atoms with Gasteiger partial charge in [-0.05, 0) is 31.5 Å². The Morgan fingerprint density at radius 1 is 1.55 bits per heavy atom. The second kappa shape index (κ2) is 6.11. The summed E-state index contributed by atoms with van der Waals surface area (Å²) in [6.07, 6.45) is -0.0768. The van der Waals surface area contributed by atoms with Crippen molar-refractivity contribution in [3.8, 4) is 0 Å². The molecule has 1 fully saturated rings. The lowest BCUT2D eigenvalue weighted by Crippen LogP contribution is -2.55. The molecule has 5 N–H and O–H groups in total. The van der Waals surface area contributed by atoms with E-state index in [9.17, 15) is 4.79 Å². The molecule has 0 bridgehead atoms. The minimum Gasteiger partial charge on any atom is -0.370 e. The predicted octanol–water partition coefficient (Wildman–Crippen LogP) is 1.16. The van der Waals surface area contributed by atoms with Gasteiger partial charge in [-0.15, -0.1) is 0 Å². The summed E-state index contributed by atoms with van der Waals surface area (Å²) in [5.74, 6) is 0.160. The summed E-state index contributed by atoms with van der Waals surface area (Å²) in [7, 11) is 0. The Kier molecular flexibility index (Phi) is 4.46. The summed E-state index contributed by atoms with van der Waals surface area (Å²) < 4.78 is 0. The number of nitrogens with one attached hydrogen (secondary N) is 3. The third kappa shape index (κ3) is 3.85. The van der Waals surface area contributed by atoms with E-state index in [1.165, 1.54) is 0 Å². The molecule has 0 saturated carbocycles. The van der Waals surface area contributed by atoms with E-state index in [0.717, 1.165) is 11.3 Å². The van der Waals surface area contributed by atoms with E-state index in [4.69, 9.17) is 17.3 Å². The van der Waals surface area contributed by atoms with Gasteiger partial charge in [-0.25, -0.2) is 4.99 Å². The van der Waals surface area contributed by atoms with Crippen LogP contribution >= 0.6 is 11.6 Å². The zero-order chi connectivity index (χ0) is 14.7. The number of hydrogen-bond acceptors (Lipinski definition) is 3. The van der Waals surface area contributed by atoms with Crippen LogP contribution in [0.15, 0.2) is 23.2 Å². The van der Waals surface area contributed by atoms with E-state index in [1.54, 1.807) is 6.07 Å². The minimum atomic E-state index is -0.514. The molecule has 20 heavy (non-hydrogen) atoms. The average molecular weight is 296 g/mol. The largest absolute Gasteiger partial charge is 0.370 e. The van der Waals surface area contributed by atoms with Crippen LogP contribution in [-0.2, 0) is 4.79 Å². The van der Waals surface area contributed by atoms with Crippen LogP contribution in [0.25, 0.3) is 0 Å². The Hall–Kier alpha value is -1.79. The molecule has 2 atom stereocenters. The second-order valence-corrected chi connectivity index (χ2v) is 5.25. The van der Waals surface area contributed by atoms with Gasteiger partial charge in [0.15, 0.2) is 12.2 Å². The number of carbonyl (C=O) groups excluding carboxylic acids is 1. The molecule has 108 valence electrons. The Balaban J connectivity index is 2.03. The van der Waals surface area contributed by atoms with Crippen LogP contribution in [0.2, 0.25) is 5.02 Å². The smallest absolute Gasteiger partial charge is 0.224 e. The van der Waals surface area contributed by atoms with Gasteiger partial charge >= 0.3 is 0 Å². The summed E-state index contributed by atoms with van der Waals surface area (Å²) in [5.41, 5.74) is 7.56. The second-order valence-electron chi connectivity index (χ2n) is 4.85. The van der Waals surface area contributed by atoms with Crippen molar-refractivity contribution in [2.24, 2.45) is 10.7 Å². The fraction of sp³-hybridized carbons (Fsp3) is 0.385. The number of aryl methyl sites for hydroxylation is 1. The summed E-state index contributed by atoms with van der Waals surface area (Å²) in [5, 5.41) is 9.41. The Morgan fingerprint density at radius 3 is 2.95 bits per heavy atom. The first-order valence-electron chi connectivity index (χ1n) is 6.36. The molecule has 0 aromatic heterocycles. The van der Waals surface area contributed by atoms with Crippen molar-refractivity contribution in [2.45, 2.75) is 32.6 Å². The number of guanidine groups is 1. The Labute approximate surface area is 122 Å². The summed E-state index contributed by atoms with van der Waals surface area (Å²) >= 11 is 6.04. The van der Waals surface area contributed by atoms with Crippen LogP contribution in [0.3, 0.4) is 0 Å². The molecular weight excluding hydrogens is 278 g/mol. The maximum Gasteiger partial charge on any atom is 0.224 e. The zero-order valence-electron chi connectivity index (χ0n) is 11.4. The molecule has 1 aliphatic heterocycles. The fourth-order valence-electron chi connectivity index (χ4n) is 1.92. The SMILES string of the molecule is Cc1ccc(N/C(N)=N/C2NC(=O)CC(C)N2)cc1Cl. The summed E-state index contributed by atoms with van der Waals surface area (Å²) in [4.78, 5) is 15.6. The molecular formula is C13H18ClN5O. The van der Waals surface area contributed by atoms with Gasteiger partial charge in [0.1, 0.15) is 0 Å². The summed E-state index contributed by atoms with van der Waals surface area (Å²) in [6.45, 7) is 3.84. The molecule has 1 aromatic carbocycles. The number of hydrogen-bond donors (Lipinski definition) is 4. The van der Waals surface area contributed by atoms with Crippen molar-refractivity contribution in [3.63, 3.8) is 0 Å². The highest BCUT2D eigenvalue weighted by Gasteiger charge is 2.22. The van der Waals surface area contributed by atoms with E-state index >= 15 is 0 Å². The number of carbonyl (C=O) groups is 1. The van der Waals surface area contributed by atoms with Gasteiger partial charge in [-0.2, -0.15) is 0 Å². The number of halogens is 1. The van der Waals surface area contributed by atoms with Gasteiger partial charge in [-0.3, -0.25) is 10.1 Å². The minimum absolute atomic E-state index is 0.0452. The van der Waals surface area contributed by atoms with Crippen LogP contribution in [0, 0.1) is 6.92 Å². The molecule has 0 spiro atoms. The molecule has 1 heterocycles. The van der Waals surface area contributed by atoms with Gasteiger partial charge in [0.2, 0.25) is 5.91 Å². The molecule has 2 unspecified atom stereocenters. The van der Waals surface area contributed by atoms with E-state index in [-0.39, 0.29) is 17.9 Å². The molecule has 1 aliphatic rings. The standard InChI is InChI=1S/C13H18ClN5O/c1-7-3-4-9(6-10(7)14)17-12(15)19-13-16-8(2)5-11(20)18-13/h3-4,6,8,13,16H,5H2,1-2H3,(H,18,20)(H3,15,17,19). The van der Waals surface area contributed by atoms with Crippen LogP contribution in [0.5, 0.6) is 0 Å². The van der Waals surface area contributed by atoms with Crippen LogP contribution in [0.1, 0.15) is 18.9 Å². The molecule has 1 aromatic rings. The van der Waals surface area contributed by atoms with E-state index < -0.39 is 6.29 Å². The monoisotopic (exact) mass is 295 g/mol. The number of nitrogens with two attached hydrogens (primary N) is 1. The van der Waals surface area contributed by atoms with E-state index in [0.29, 0.717) is 11.4 Å². The van der Waals surface area contributed by atoms with Crippen LogP contribution in [-0.4, -0.2) is 24.2 Å².